The number of oxazole rings is 1. The van der Waals surface area contributed by atoms with Gasteiger partial charge in [0.05, 0.1) is 39.3 Å². The normalized spacial score (nSPS) is 11.1. The maximum Gasteiger partial charge on any atom is 0.419 e. The Kier molecular flexibility index (Phi) is 5.59. The summed E-state index contributed by atoms with van der Waals surface area (Å²) in [6, 6.07) is 13.6. The molecule has 0 aliphatic rings. The second kappa shape index (κ2) is 8.50. The number of anilines is 1. The molecule has 1 N–H and O–H groups in total. The van der Waals surface area contributed by atoms with E-state index >= 15 is 0 Å². The van der Waals surface area contributed by atoms with Crippen molar-refractivity contribution >= 4 is 28.4 Å². The third-order valence-corrected chi connectivity index (χ3v) is 5.20. The molecule has 2 aromatic heterocycles. The second-order valence-electron chi connectivity index (χ2n) is 7.37. The van der Waals surface area contributed by atoms with Crippen LogP contribution in [0.1, 0.15) is 24.2 Å². The van der Waals surface area contributed by atoms with Crippen molar-refractivity contribution < 1.29 is 14.1 Å². The average molecular weight is 435 g/mol. The van der Waals surface area contributed by atoms with Gasteiger partial charge in [-0.15, -0.1) is 0 Å². The Bertz CT molecular complexity index is 1370. The molecule has 2 aromatic carbocycles. The van der Waals surface area contributed by atoms with Crippen molar-refractivity contribution in [2.75, 3.05) is 5.32 Å². The van der Waals surface area contributed by atoms with E-state index in [-0.39, 0.29) is 30.1 Å². The summed E-state index contributed by atoms with van der Waals surface area (Å²) in [7, 11) is 0. The highest BCUT2D eigenvalue weighted by Crippen LogP contribution is 2.23. The summed E-state index contributed by atoms with van der Waals surface area (Å²) in [5.74, 6) is -0.808. The summed E-state index contributed by atoms with van der Waals surface area (Å²) in [6.45, 7) is 3.97. The molecule has 4 aromatic rings. The van der Waals surface area contributed by atoms with Crippen molar-refractivity contribution in [3.8, 4) is 5.69 Å². The molecule has 0 unspecified atom stereocenters. The second-order valence-corrected chi connectivity index (χ2v) is 7.37. The Morgan fingerprint density at radius 1 is 1.19 bits per heavy atom. The molecule has 0 atom stereocenters. The fraction of sp³-hybridized carbons (Fsp3) is 0.227. The van der Waals surface area contributed by atoms with Crippen LogP contribution in [0.5, 0.6) is 0 Å². The van der Waals surface area contributed by atoms with Crippen molar-refractivity contribution in [2.24, 2.45) is 0 Å². The Morgan fingerprint density at radius 2 is 1.94 bits per heavy atom. The lowest BCUT2D eigenvalue weighted by atomic mass is 10.2. The van der Waals surface area contributed by atoms with E-state index in [0.29, 0.717) is 23.3 Å². The minimum atomic E-state index is -0.614. The molecule has 4 rings (SSSR count). The SMILES string of the molecule is Cc1nn(-c2ccccc2)c(C)c1NC(=O)CCCn1c(=O)oc2cc([N+](=O)[O-])ccc21. The number of nitro groups is 1. The van der Waals surface area contributed by atoms with Crippen LogP contribution in [-0.4, -0.2) is 25.2 Å². The lowest BCUT2D eigenvalue weighted by Gasteiger charge is -2.07. The van der Waals surface area contributed by atoms with E-state index < -0.39 is 10.7 Å². The number of carbonyl (C=O) groups is 1. The van der Waals surface area contributed by atoms with Crippen LogP contribution in [0.4, 0.5) is 11.4 Å². The van der Waals surface area contributed by atoms with E-state index in [4.69, 9.17) is 4.42 Å². The number of aromatic nitrogens is 3. The quantitative estimate of drug-likeness (QED) is 0.348. The van der Waals surface area contributed by atoms with Crippen LogP contribution in [0.3, 0.4) is 0 Å². The van der Waals surface area contributed by atoms with Gasteiger partial charge in [-0.1, -0.05) is 18.2 Å². The summed E-state index contributed by atoms with van der Waals surface area (Å²) in [5.41, 5.74) is 3.54. The van der Waals surface area contributed by atoms with Crippen LogP contribution in [-0.2, 0) is 11.3 Å². The number of benzene rings is 2. The van der Waals surface area contributed by atoms with Crippen molar-refractivity contribution in [3.05, 3.63) is 80.6 Å². The topological polar surface area (TPSA) is 125 Å². The number of aryl methyl sites for hydroxylation is 2. The number of carbonyl (C=O) groups excluding carboxylic acids is 1. The zero-order chi connectivity index (χ0) is 22.8. The predicted molar refractivity (Wildman–Crippen MR) is 118 cm³/mol. The Balaban J connectivity index is 1.42. The van der Waals surface area contributed by atoms with E-state index in [1.807, 2.05) is 44.2 Å². The summed E-state index contributed by atoms with van der Waals surface area (Å²) < 4.78 is 8.26. The highest BCUT2D eigenvalue weighted by molar-refractivity contribution is 5.92. The number of nitro benzene ring substituents is 1. The number of nitrogens with zero attached hydrogens (tertiary/aromatic N) is 4. The maximum absolute atomic E-state index is 12.5. The van der Waals surface area contributed by atoms with Crippen LogP contribution < -0.4 is 11.1 Å². The summed E-state index contributed by atoms with van der Waals surface area (Å²) in [6.07, 6.45) is 0.573. The van der Waals surface area contributed by atoms with Crippen LogP contribution in [0.15, 0.2) is 57.7 Å². The highest BCUT2D eigenvalue weighted by Gasteiger charge is 2.17. The monoisotopic (exact) mass is 435 g/mol. The lowest BCUT2D eigenvalue weighted by Crippen LogP contribution is -2.17. The van der Waals surface area contributed by atoms with E-state index in [1.165, 1.54) is 22.8 Å². The molecule has 0 fully saturated rings. The third kappa shape index (κ3) is 4.02. The molecule has 10 heteroatoms. The molecule has 0 spiro atoms. The smallest absolute Gasteiger partial charge is 0.407 e. The zero-order valence-electron chi connectivity index (χ0n) is 17.6. The van der Waals surface area contributed by atoms with E-state index in [1.54, 1.807) is 4.68 Å². The Labute approximate surface area is 182 Å². The Hall–Kier alpha value is -4.21. The largest absolute Gasteiger partial charge is 0.419 e. The number of para-hydroxylation sites is 1. The minimum absolute atomic E-state index is 0.147. The van der Waals surface area contributed by atoms with Crippen LogP contribution in [0, 0.1) is 24.0 Å². The first-order valence-electron chi connectivity index (χ1n) is 10.0. The van der Waals surface area contributed by atoms with Crippen molar-refractivity contribution in [3.63, 3.8) is 0 Å². The zero-order valence-corrected chi connectivity index (χ0v) is 17.6. The first-order valence-corrected chi connectivity index (χ1v) is 10.0. The maximum atomic E-state index is 12.5. The standard InChI is InChI=1S/C22H21N5O5/c1-14-21(15(2)26(24-14)16-7-4-3-5-8-16)23-20(28)9-6-12-25-18-11-10-17(27(30)31)13-19(18)32-22(25)29/h3-5,7-8,10-11,13H,6,9,12H2,1-2H3,(H,23,28). The molecule has 0 saturated carbocycles. The van der Waals surface area contributed by atoms with Gasteiger partial charge in [0, 0.05) is 19.0 Å². The number of non-ortho nitro benzene ring substituents is 1. The van der Waals surface area contributed by atoms with E-state index in [0.717, 1.165) is 11.4 Å². The average Bonchev–Trinajstić information content (AvgIpc) is 3.24. The van der Waals surface area contributed by atoms with Crippen molar-refractivity contribution in [1.29, 1.82) is 0 Å². The number of fused-ring (bicyclic) bond motifs is 1. The molecule has 0 aliphatic heterocycles. The highest BCUT2D eigenvalue weighted by atomic mass is 16.6. The van der Waals surface area contributed by atoms with E-state index in [9.17, 15) is 19.7 Å². The van der Waals surface area contributed by atoms with Gasteiger partial charge in [-0.3, -0.25) is 19.5 Å². The molecule has 2 heterocycles. The molecule has 0 saturated heterocycles. The van der Waals surface area contributed by atoms with Gasteiger partial charge < -0.3 is 9.73 Å². The van der Waals surface area contributed by atoms with Crippen LogP contribution in [0.2, 0.25) is 0 Å². The number of hydrogen-bond acceptors (Lipinski definition) is 6. The van der Waals surface area contributed by atoms with Crippen molar-refractivity contribution in [2.45, 2.75) is 33.2 Å². The van der Waals surface area contributed by atoms with E-state index in [2.05, 4.69) is 10.4 Å². The molecule has 164 valence electrons. The third-order valence-electron chi connectivity index (χ3n) is 5.20. The van der Waals surface area contributed by atoms with Gasteiger partial charge in [-0.2, -0.15) is 5.10 Å². The van der Waals surface area contributed by atoms with Gasteiger partial charge in [0.15, 0.2) is 5.58 Å². The van der Waals surface area contributed by atoms with Gasteiger partial charge in [0.1, 0.15) is 0 Å². The first kappa shape index (κ1) is 21.0. The van der Waals surface area contributed by atoms with Gasteiger partial charge in [-0.25, -0.2) is 9.48 Å². The van der Waals surface area contributed by atoms with Crippen LogP contribution >= 0.6 is 0 Å². The van der Waals surface area contributed by atoms with Gasteiger partial charge in [0.25, 0.3) is 5.69 Å². The fourth-order valence-corrected chi connectivity index (χ4v) is 3.62. The fourth-order valence-electron chi connectivity index (χ4n) is 3.62. The first-order chi connectivity index (χ1) is 15.3. The summed E-state index contributed by atoms with van der Waals surface area (Å²) >= 11 is 0. The van der Waals surface area contributed by atoms with Crippen molar-refractivity contribution in [1.82, 2.24) is 14.3 Å². The molecule has 32 heavy (non-hydrogen) atoms. The Morgan fingerprint density at radius 3 is 2.66 bits per heavy atom. The molecular weight excluding hydrogens is 414 g/mol. The molecule has 1 amide bonds. The number of hydrogen-bond donors (Lipinski definition) is 1. The van der Waals surface area contributed by atoms with Gasteiger partial charge in [0.2, 0.25) is 5.91 Å². The summed E-state index contributed by atoms with van der Waals surface area (Å²) in [4.78, 5) is 35.0. The van der Waals surface area contributed by atoms with Crippen LogP contribution in [0.25, 0.3) is 16.8 Å². The minimum Gasteiger partial charge on any atom is -0.407 e. The molecular formula is C22H21N5O5. The molecule has 0 radical (unpaired) electrons. The molecule has 10 nitrogen and oxygen atoms in total. The lowest BCUT2D eigenvalue weighted by molar-refractivity contribution is -0.384. The molecule has 0 bridgehead atoms. The summed E-state index contributed by atoms with van der Waals surface area (Å²) in [5, 5.41) is 18.3. The van der Waals surface area contributed by atoms with Gasteiger partial charge >= 0.3 is 5.76 Å². The molecule has 0 aliphatic carbocycles. The predicted octanol–water partition coefficient (Wildman–Crippen LogP) is 3.72. The number of nitrogens with one attached hydrogen (secondary N) is 1. The number of amides is 1. The van der Waals surface area contributed by atoms with Gasteiger partial charge in [-0.05, 0) is 38.5 Å². The number of rotatable bonds is 7.